The average molecular weight is 508 g/mol. The van der Waals surface area contributed by atoms with E-state index in [2.05, 4.69) is 6.07 Å². The molecule has 0 amide bonds. The lowest BCUT2D eigenvalue weighted by Gasteiger charge is -2.39. The van der Waals surface area contributed by atoms with Crippen LogP contribution in [0.2, 0.25) is 0 Å². The summed E-state index contributed by atoms with van der Waals surface area (Å²) in [5, 5.41) is 87.9. The standard InChI is InChI=1S/C25H33NO10/c26-10-15-9-13(3-1-5-16-20(29)24(33)22(31)18(11-27)35-16)7-8-14(15)4-2-6-17-21(30)25(34)23(32)19(12-28)36-17/h1-4,7-9,16-25,27-34H,5-6,11-12H2. The summed E-state index contributed by atoms with van der Waals surface area (Å²) < 4.78 is 10.9. The van der Waals surface area contributed by atoms with Crippen LogP contribution >= 0.6 is 0 Å². The van der Waals surface area contributed by atoms with Crippen molar-refractivity contribution < 1.29 is 50.3 Å². The Morgan fingerprint density at radius 1 is 0.694 bits per heavy atom. The summed E-state index contributed by atoms with van der Waals surface area (Å²) in [4.78, 5) is 0. The van der Waals surface area contributed by atoms with Crippen LogP contribution in [0.25, 0.3) is 12.2 Å². The first kappa shape index (κ1) is 28.4. The van der Waals surface area contributed by atoms with Crippen molar-refractivity contribution >= 4 is 12.2 Å². The van der Waals surface area contributed by atoms with E-state index in [4.69, 9.17) is 9.47 Å². The van der Waals surface area contributed by atoms with Crippen LogP contribution in [-0.4, -0.2) is 115 Å². The van der Waals surface area contributed by atoms with Crippen molar-refractivity contribution in [3.05, 3.63) is 47.0 Å². The molecule has 8 N–H and O–H groups in total. The van der Waals surface area contributed by atoms with Crippen LogP contribution in [0.1, 0.15) is 29.5 Å². The first-order chi connectivity index (χ1) is 17.2. The van der Waals surface area contributed by atoms with Gasteiger partial charge in [0.25, 0.3) is 0 Å². The first-order valence-corrected chi connectivity index (χ1v) is 11.7. The van der Waals surface area contributed by atoms with Gasteiger partial charge in [0, 0.05) is 0 Å². The number of nitriles is 1. The van der Waals surface area contributed by atoms with Crippen molar-refractivity contribution in [2.75, 3.05) is 13.2 Å². The van der Waals surface area contributed by atoms with Gasteiger partial charge in [0.15, 0.2) is 0 Å². The Morgan fingerprint density at radius 2 is 1.17 bits per heavy atom. The van der Waals surface area contributed by atoms with Crippen molar-refractivity contribution in [3.8, 4) is 6.07 Å². The molecule has 36 heavy (non-hydrogen) atoms. The fourth-order valence-corrected chi connectivity index (χ4v) is 4.33. The van der Waals surface area contributed by atoms with E-state index in [9.17, 15) is 46.1 Å². The van der Waals surface area contributed by atoms with Crippen molar-refractivity contribution in [1.82, 2.24) is 0 Å². The molecule has 1 aromatic rings. The van der Waals surface area contributed by atoms with E-state index in [0.29, 0.717) is 16.7 Å². The van der Waals surface area contributed by atoms with Gasteiger partial charge < -0.3 is 50.3 Å². The first-order valence-electron chi connectivity index (χ1n) is 11.7. The number of rotatable bonds is 8. The molecule has 0 saturated carbocycles. The molecule has 0 spiro atoms. The average Bonchev–Trinajstić information content (AvgIpc) is 2.89. The largest absolute Gasteiger partial charge is 0.394 e. The van der Waals surface area contributed by atoms with Crippen LogP contribution in [0.5, 0.6) is 0 Å². The van der Waals surface area contributed by atoms with Crippen molar-refractivity contribution in [2.45, 2.75) is 73.9 Å². The Kier molecular flexibility index (Phi) is 10.1. The highest BCUT2D eigenvalue weighted by molar-refractivity contribution is 5.63. The zero-order valence-corrected chi connectivity index (χ0v) is 19.5. The van der Waals surface area contributed by atoms with E-state index in [1.807, 2.05) is 0 Å². The summed E-state index contributed by atoms with van der Waals surface area (Å²) >= 11 is 0. The fraction of sp³-hybridized carbons (Fsp3) is 0.560. The molecule has 1 aromatic carbocycles. The number of ether oxygens (including phenoxy) is 2. The van der Waals surface area contributed by atoms with Crippen LogP contribution in [0.15, 0.2) is 30.4 Å². The number of aliphatic hydroxyl groups is 8. The van der Waals surface area contributed by atoms with E-state index in [-0.39, 0.29) is 12.8 Å². The molecule has 198 valence electrons. The van der Waals surface area contributed by atoms with E-state index >= 15 is 0 Å². The number of hydrogen-bond acceptors (Lipinski definition) is 11. The van der Waals surface area contributed by atoms with Gasteiger partial charge in [-0.3, -0.25) is 0 Å². The molecule has 10 atom stereocenters. The SMILES string of the molecule is N#Cc1cc(C=CCC2OC(CO)C(O)C(O)C2O)ccc1C=CCC1OC(CO)C(O)C(O)C1O. The maximum atomic E-state index is 10.1. The van der Waals surface area contributed by atoms with Gasteiger partial charge in [-0.05, 0) is 30.0 Å². The summed E-state index contributed by atoms with van der Waals surface area (Å²) in [7, 11) is 0. The Bertz CT molecular complexity index is 959. The van der Waals surface area contributed by atoms with Crippen LogP contribution in [-0.2, 0) is 9.47 Å². The molecule has 2 aliphatic rings. The molecule has 3 rings (SSSR count). The van der Waals surface area contributed by atoms with Crippen LogP contribution < -0.4 is 0 Å². The molecule has 11 nitrogen and oxygen atoms in total. The molecule has 2 heterocycles. The summed E-state index contributed by atoms with van der Waals surface area (Å²) in [6, 6.07) is 7.24. The van der Waals surface area contributed by atoms with Crippen molar-refractivity contribution in [3.63, 3.8) is 0 Å². The van der Waals surface area contributed by atoms with E-state index in [1.54, 1.807) is 42.5 Å². The maximum Gasteiger partial charge on any atom is 0.111 e. The minimum absolute atomic E-state index is 0.174. The van der Waals surface area contributed by atoms with Crippen LogP contribution in [0.4, 0.5) is 0 Å². The highest BCUT2D eigenvalue weighted by Gasteiger charge is 2.43. The third-order valence-corrected chi connectivity index (χ3v) is 6.52. The molecular weight excluding hydrogens is 474 g/mol. The second-order valence-corrected chi connectivity index (χ2v) is 8.97. The zero-order chi connectivity index (χ0) is 26.4. The molecule has 2 fully saturated rings. The number of hydrogen-bond donors (Lipinski definition) is 8. The third-order valence-electron chi connectivity index (χ3n) is 6.52. The van der Waals surface area contributed by atoms with Gasteiger partial charge in [-0.1, -0.05) is 36.4 Å². The minimum atomic E-state index is -1.45. The van der Waals surface area contributed by atoms with Crippen molar-refractivity contribution in [1.29, 1.82) is 5.26 Å². The lowest BCUT2D eigenvalue weighted by Crippen LogP contribution is -2.58. The number of benzene rings is 1. The number of nitrogens with zero attached hydrogens (tertiary/aromatic N) is 1. The van der Waals surface area contributed by atoms with Gasteiger partial charge in [0.05, 0.1) is 37.1 Å². The second kappa shape index (κ2) is 12.8. The highest BCUT2D eigenvalue weighted by Crippen LogP contribution is 2.25. The summed E-state index contributed by atoms with van der Waals surface area (Å²) in [5.74, 6) is 0. The highest BCUT2D eigenvalue weighted by atomic mass is 16.5. The summed E-state index contributed by atoms with van der Waals surface area (Å²) in [6.45, 7) is -1.00. The zero-order valence-electron chi connectivity index (χ0n) is 19.5. The topological polar surface area (TPSA) is 204 Å². The summed E-state index contributed by atoms with van der Waals surface area (Å²) in [5.41, 5.74) is 1.67. The molecule has 0 aliphatic carbocycles. The summed E-state index contributed by atoms with van der Waals surface area (Å²) in [6.07, 6.45) is -4.88. The fourth-order valence-electron chi connectivity index (χ4n) is 4.33. The van der Waals surface area contributed by atoms with E-state index in [0.717, 1.165) is 0 Å². The molecule has 11 heteroatoms. The third kappa shape index (κ3) is 6.37. The maximum absolute atomic E-state index is 10.1. The quantitative estimate of drug-likeness (QED) is 0.194. The van der Waals surface area contributed by atoms with Gasteiger partial charge in [-0.25, -0.2) is 0 Å². The second-order valence-electron chi connectivity index (χ2n) is 8.97. The normalized spacial score (nSPS) is 37.4. The Morgan fingerprint density at radius 3 is 1.64 bits per heavy atom. The van der Waals surface area contributed by atoms with Gasteiger partial charge in [-0.2, -0.15) is 5.26 Å². The molecule has 2 aliphatic heterocycles. The molecule has 0 bridgehead atoms. The monoisotopic (exact) mass is 507 g/mol. The molecule has 0 aromatic heterocycles. The predicted octanol–water partition coefficient (Wildman–Crippen LogP) is -1.95. The smallest absolute Gasteiger partial charge is 0.111 e. The van der Waals surface area contributed by atoms with Crippen LogP contribution in [0.3, 0.4) is 0 Å². The van der Waals surface area contributed by atoms with E-state index in [1.165, 1.54) is 0 Å². The van der Waals surface area contributed by atoms with Crippen molar-refractivity contribution in [2.24, 2.45) is 0 Å². The van der Waals surface area contributed by atoms with Gasteiger partial charge in [0.2, 0.25) is 0 Å². The van der Waals surface area contributed by atoms with Gasteiger partial charge in [-0.15, -0.1) is 0 Å². The Labute approximate surface area is 208 Å². The molecule has 0 radical (unpaired) electrons. The molecule has 10 unspecified atom stereocenters. The van der Waals surface area contributed by atoms with Gasteiger partial charge in [0.1, 0.15) is 48.8 Å². The van der Waals surface area contributed by atoms with Crippen LogP contribution in [0, 0.1) is 11.3 Å². The van der Waals surface area contributed by atoms with E-state index < -0.39 is 74.3 Å². The minimum Gasteiger partial charge on any atom is -0.394 e. The number of aliphatic hydroxyl groups excluding tert-OH is 8. The molecular formula is C25H33NO10. The molecule has 2 saturated heterocycles. The Balaban J connectivity index is 1.62. The lowest BCUT2D eigenvalue weighted by molar-refractivity contribution is -0.227. The lowest BCUT2D eigenvalue weighted by atomic mass is 9.93. The Hall–Kier alpha value is -2.21. The van der Waals surface area contributed by atoms with Gasteiger partial charge >= 0.3 is 0 Å². The predicted molar refractivity (Wildman–Crippen MR) is 126 cm³/mol.